The zero-order valence-electron chi connectivity index (χ0n) is 17.6. The number of pyridine rings is 1. The number of rotatable bonds is 4. The monoisotopic (exact) mass is 445 g/mol. The Balaban J connectivity index is 1.69. The molecular weight excluding hydrogens is 426 g/mol. The van der Waals surface area contributed by atoms with Crippen LogP contribution in [-0.4, -0.2) is 31.2 Å². The molecule has 0 amide bonds. The third-order valence-corrected chi connectivity index (χ3v) is 6.60. The van der Waals surface area contributed by atoms with Crippen LogP contribution in [0.3, 0.4) is 0 Å². The number of thiophene rings is 1. The fraction of sp³-hybridized carbons (Fsp3) is 0.130. The molecule has 0 fully saturated rings. The first-order valence-corrected chi connectivity index (χ1v) is 10.7. The first kappa shape index (κ1) is 20.0. The van der Waals surface area contributed by atoms with Crippen molar-refractivity contribution < 1.29 is 4.74 Å². The molecule has 1 aromatic carbocycles. The second-order valence-electron chi connectivity index (χ2n) is 7.35. The van der Waals surface area contributed by atoms with Crippen LogP contribution < -0.4 is 16.0 Å². The number of ether oxygens (including phenoxy) is 1. The number of imidazole rings is 1. The lowest BCUT2D eigenvalue weighted by Crippen LogP contribution is -2.33. The highest BCUT2D eigenvalue weighted by Gasteiger charge is 2.19. The van der Waals surface area contributed by atoms with E-state index < -0.39 is 5.69 Å². The topological polar surface area (TPSA) is 94.8 Å². The number of fused-ring (bicyclic) bond motifs is 1. The van der Waals surface area contributed by atoms with Gasteiger partial charge >= 0.3 is 5.69 Å². The SMILES string of the molecule is COc1cc(-c2sc3[nH]c(=O)n(-c4ccncc4)c(=O)c3c2C)ccc1-n1cnc(C)c1. The average molecular weight is 446 g/mol. The molecule has 4 heterocycles. The lowest BCUT2D eigenvalue weighted by atomic mass is 10.1. The van der Waals surface area contributed by atoms with Crippen molar-refractivity contribution in [3.05, 3.63) is 87.3 Å². The predicted octanol–water partition coefficient (Wildman–Crippen LogP) is 3.61. The van der Waals surface area contributed by atoms with Crippen LogP contribution in [0.15, 0.2) is 64.8 Å². The van der Waals surface area contributed by atoms with Gasteiger partial charge < -0.3 is 9.30 Å². The zero-order chi connectivity index (χ0) is 22.4. The molecule has 5 rings (SSSR count). The largest absolute Gasteiger partial charge is 0.495 e. The number of hydrogen-bond acceptors (Lipinski definition) is 6. The van der Waals surface area contributed by atoms with Crippen LogP contribution in [0.4, 0.5) is 0 Å². The van der Waals surface area contributed by atoms with Gasteiger partial charge in [-0.25, -0.2) is 14.3 Å². The summed E-state index contributed by atoms with van der Waals surface area (Å²) < 4.78 is 8.67. The number of nitrogens with one attached hydrogen (secondary N) is 1. The lowest BCUT2D eigenvalue weighted by molar-refractivity contribution is 0.413. The van der Waals surface area contributed by atoms with E-state index >= 15 is 0 Å². The maximum Gasteiger partial charge on any atom is 0.334 e. The van der Waals surface area contributed by atoms with E-state index in [-0.39, 0.29) is 5.56 Å². The zero-order valence-corrected chi connectivity index (χ0v) is 18.4. The Labute approximate surface area is 186 Å². The summed E-state index contributed by atoms with van der Waals surface area (Å²) in [5, 5.41) is 0.495. The number of methoxy groups -OCH3 is 1. The maximum atomic E-state index is 13.3. The van der Waals surface area contributed by atoms with Gasteiger partial charge in [0, 0.05) is 23.5 Å². The van der Waals surface area contributed by atoms with Crippen LogP contribution in [-0.2, 0) is 0 Å². The molecule has 9 heteroatoms. The van der Waals surface area contributed by atoms with Gasteiger partial charge in [0.25, 0.3) is 5.56 Å². The van der Waals surface area contributed by atoms with Gasteiger partial charge in [0.15, 0.2) is 0 Å². The molecular formula is C23H19N5O3S. The number of aryl methyl sites for hydroxylation is 2. The second kappa shape index (κ2) is 7.61. The molecule has 0 atom stereocenters. The average Bonchev–Trinajstić information content (AvgIpc) is 3.37. The summed E-state index contributed by atoms with van der Waals surface area (Å²) in [6.07, 6.45) is 6.76. The molecule has 8 nitrogen and oxygen atoms in total. The summed E-state index contributed by atoms with van der Waals surface area (Å²) in [5.41, 5.74) is 3.12. The molecule has 0 radical (unpaired) electrons. The first-order chi connectivity index (χ1) is 15.5. The summed E-state index contributed by atoms with van der Waals surface area (Å²) in [6.45, 7) is 3.82. The van der Waals surface area contributed by atoms with E-state index in [1.54, 1.807) is 38.0 Å². The van der Waals surface area contributed by atoms with E-state index in [1.807, 2.05) is 42.8 Å². The minimum absolute atomic E-state index is 0.354. The Hall–Kier alpha value is -3.98. The lowest BCUT2D eigenvalue weighted by Gasteiger charge is -2.11. The van der Waals surface area contributed by atoms with Gasteiger partial charge in [-0.1, -0.05) is 6.07 Å². The van der Waals surface area contributed by atoms with Crippen LogP contribution in [0.2, 0.25) is 0 Å². The third-order valence-electron chi connectivity index (χ3n) is 5.34. The number of H-pyrrole nitrogens is 1. The molecule has 0 bridgehead atoms. The van der Waals surface area contributed by atoms with Crippen molar-refractivity contribution >= 4 is 21.6 Å². The number of benzene rings is 1. The van der Waals surface area contributed by atoms with Crippen LogP contribution in [0.25, 0.3) is 32.0 Å². The van der Waals surface area contributed by atoms with E-state index in [9.17, 15) is 9.59 Å². The van der Waals surface area contributed by atoms with E-state index in [2.05, 4.69) is 15.0 Å². The van der Waals surface area contributed by atoms with Crippen LogP contribution in [0.1, 0.15) is 11.3 Å². The summed E-state index contributed by atoms with van der Waals surface area (Å²) in [5.74, 6) is 0.680. The molecule has 0 saturated carbocycles. The van der Waals surface area contributed by atoms with E-state index in [0.717, 1.165) is 32.0 Å². The number of hydrogen-bond donors (Lipinski definition) is 1. The minimum Gasteiger partial charge on any atom is -0.495 e. The third kappa shape index (κ3) is 3.14. The van der Waals surface area contributed by atoms with Crippen LogP contribution in [0, 0.1) is 13.8 Å². The smallest absolute Gasteiger partial charge is 0.334 e. The number of nitrogens with zero attached hydrogens (tertiary/aromatic N) is 4. The molecule has 32 heavy (non-hydrogen) atoms. The van der Waals surface area contributed by atoms with Crippen LogP contribution in [0.5, 0.6) is 5.75 Å². The van der Waals surface area contributed by atoms with Crippen molar-refractivity contribution in [1.29, 1.82) is 0 Å². The van der Waals surface area contributed by atoms with Crippen molar-refractivity contribution in [3.63, 3.8) is 0 Å². The summed E-state index contributed by atoms with van der Waals surface area (Å²) in [4.78, 5) is 38.5. The molecule has 0 aliphatic rings. The van der Waals surface area contributed by atoms with E-state index in [0.29, 0.717) is 21.7 Å². The molecule has 0 aliphatic carbocycles. The van der Waals surface area contributed by atoms with Gasteiger partial charge in [-0.3, -0.25) is 14.8 Å². The number of aromatic nitrogens is 5. The highest BCUT2D eigenvalue weighted by molar-refractivity contribution is 7.22. The Morgan fingerprint density at radius 1 is 1.09 bits per heavy atom. The number of aromatic amines is 1. The van der Waals surface area contributed by atoms with Crippen molar-refractivity contribution in [1.82, 2.24) is 24.1 Å². The summed E-state index contributed by atoms with van der Waals surface area (Å²) in [7, 11) is 1.62. The summed E-state index contributed by atoms with van der Waals surface area (Å²) >= 11 is 1.38. The van der Waals surface area contributed by atoms with Crippen molar-refractivity contribution in [3.8, 4) is 27.6 Å². The maximum absolute atomic E-state index is 13.3. The van der Waals surface area contributed by atoms with Crippen molar-refractivity contribution in [2.75, 3.05) is 7.11 Å². The Bertz CT molecular complexity index is 1580. The van der Waals surface area contributed by atoms with Gasteiger partial charge in [-0.05, 0) is 49.2 Å². The van der Waals surface area contributed by atoms with Gasteiger partial charge in [0.2, 0.25) is 0 Å². The Morgan fingerprint density at radius 2 is 1.88 bits per heavy atom. The molecule has 0 spiro atoms. The van der Waals surface area contributed by atoms with E-state index in [4.69, 9.17) is 4.74 Å². The van der Waals surface area contributed by atoms with Crippen molar-refractivity contribution in [2.45, 2.75) is 13.8 Å². The highest BCUT2D eigenvalue weighted by Crippen LogP contribution is 2.38. The fourth-order valence-corrected chi connectivity index (χ4v) is 4.99. The van der Waals surface area contributed by atoms with Gasteiger partial charge in [-0.15, -0.1) is 11.3 Å². The van der Waals surface area contributed by atoms with Gasteiger partial charge in [0.1, 0.15) is 10.6 Å². The van der Waals surface area contributed by atoms with Gasteiger partial charge in [-0.2, -0.15) is 0 Å². The fourth-order valence-electron chi connectivity index (χ4n) is 3.80. The molecule has 4 aromatic heterocycles. The van der Waals surface area contributed by atoms with Gasteiger partial charge in [0.05, 0.1) is 35.9 Å². The first-order valence-electron chi connectivity index (χ1n) is 9.86. The molecule has 160 valence electrons. The minimum atomic E-state index is -0.482. The van der Waals surface area contributed by atoms with E-state index in [1.165, 1.54) is 11.3 Å². The molecule has 0 unspecified atom stereocenters. The van der Waals surface area contributed by atoms with Crippen molar-refractivity contribution in [2.24, 2.45) is 0 Å². The van der Waals surface area contributed by atoms with Crippen LogP contribution >= 0.6 is 11.3 Å². The molecule has 0 saturated heterocycles. The molecule has 1 N–H and O–H groups in total. The predicted molar refractivity (Wildman–Crippen MR) is 124 cm³/mol. The Morgan fingerprint density at radius 3 is 2.56 bits per heavy atom. The molecule has 0 aliphatic heterocycles. The highest BCUT2D eigenvalue weighted by atomic mass is 32.1. The molecule has 5 aromatic rings. The second-order valence-corrected chi connectivity index (χ2v) is 8.37. The quantitative estimate of drug-likeness (QED) is 0.456. The normalized spacial score (nSPS) is 11.2. The Kier molecular flexibility index (Phi) is 4.75. The standard InChI is InChI=1S/C23H19N5O3S/c1-13-11-27(12-25-13)17-5-4-15(10-18(17)31-3)20-14(2)19-21(32-20)26-23(30)28(22(19)29)16-6-8-24-9-7-16/h4-12H,1-3H3,(H,26,30). The summed E-state index contributed by atoms with van der Waals surface area (Å²) in [6, 6.07) is 9.13.